The monoisotopic (exact) mass is 372 g/mol. The van der Waals surface area contributed by atoms with E-state index in [2.05, 4.69) is 20.0 Å². The van der Waals surface area contributed by atoms with Crippen LogP contribution in [0.4, 0.5) is 18.9 Å². The number of nitrogens with zero attached hydrogens (tertiary/aromatic N) is 3. The van der Waals surface area contributed by atoms with Gasteiger partial charge in [0.15, 0.2) is 6.61 Å². The zero-order valence-electron chi connectivity index (χ0n) is 13.6. The number of carbonyl (C=O) groups is 1. The van der Waals surface area contributed by atoms with Crippen molar-refractivity contribution in [1.29, 1.82) is 5.26 Å². The SMILES string of the molecule is N#Cc1cc(NC(=O)c2cnc3ccccc3n2)ccc1OCC(F)(F)F. The molecule has 0 atom stereocenters. The summed E-state index contributed by atoms with van der Waals surface area (Å²) in [6.45, 7) is -1.51. The molecule has 0 saturated heterocycles. The summed E-state index contributed by atoms with van der Waals surface area (Å²) >= 11 is 0. The quantitative estimate of drug-likeness (QED) is 0.755. The Morgan fingerprint density at radius 3 is 2.63 bits per heavy atom. The molecule has 1 heterocycles. The molecule has 136 valence electrons. The number of alkyl halides is 3. The third-order valence-electron chi connectivity index (χ3n) is 3.43. The molecule has 0 unspecified atom stereocenters. The molecule has 3 aromatic rings. The molecule has 1 aromatic heterocycles. The lowest BCUT2D eigenvalue weighted by Crippen LogP contribution is -2.19. The van der Waals surface area contributed by atoms with Crippen molar-refractivity contribution in [1.82, 2.24) is 9.97 Å². The van der Waals surface area contributed by atoms with Crippen LogP contribution in [0.1, 0.15) is 16.1 Å². The van der Waals surface area contributed by atoms with Gasteiger partial charge < -0.3 is 10.1 Å². The number of anilines is 1. The van der Waals surface area contributed by atoms with Gasteiger partial charge in [-0.2, -0.15) is 18.4 Å². The first kappa shape index (κ1) is 18.1. The Hall–Kier alpha value is -3.67. The maximum atomic E-state index is 12.3. The Labute approximate surface area is 151 Å². The number of amides is 1. The van der Waals surface area contributed by atoms with Gasteiger partial charge in [0.1, 0.15) is 17.5 Å². The summed E-state index contributed by atoms with van der Waals surface area (Å²) in [4.78, 5) is 20.7. The van der Waals surface area contributed by atoms with E-state index in [1.54, 1.807) is 30.3 Å². The second kappa shape index (κ2) is 7.29. The Morgan fingerprint density at radius 2 is 1.93 bits per heavy atom. The number of para-hydroxylation sites is 2. The molecule has 2 aromatic carbocycles. The van der Waals surface area contributed by atoms with E-state index >= 15 is 0 Å². The van der Waals surface area contributed by atoms with Crippen molar-refractivity contribution in [2.45, 2.75) is 6.18 Å². The average Bonchev–Trinajstić information content (AvgIpc) is 2.65. The zero-order valence-corrected chi connectivity index (χ0v) is 13.6. The van der Waals surface area contributed by atoms with Crippen LogP contribution in [0.2, 0.25) is 0 Å². The van der Waals surface area contributed by atoms with Crippen LogP contribution in [0.5, 0.6) is 5.75 Å². The van der Waals surface area contributed by atoms with E-state index in [-0.39, 0.29) is 22.7 Å². The highest BCUT2D eigenvalue weighted by Crippen LogP contribution is 2.25. The molecular formula is C18H11F3N4O2. The molecule has 3 rings (SSSR count). The molecule has 0 saturated carbocycles. The van der Waals surface area contributed by atoms with Crippen LogP contribution >= 0.6 is 0 Å². The number of carbonyl (C=O) groups excluding carboxylic acids is 1. The van der Waals surface area contributed by atoms with E-state index in [1.165, 1.54) is 24.4 Å². The summed E-state index contributed by atoms with van der Waals surface area (Å²) in [5, 5.41) is 11.6. The van der Waals surface area contributed by atoms with E-state index in [0.29, 0.717) is 11.0 Å². The Balaban J connectivity index is 1.78. The molecule has 9 heteroatoms. The highest BCUT2D eigenvalue weighted by Gasteiger charge is 2.28. The number of halogens is 3. The van der Waals surface area contributed by atoms with E-state index in [9.17, 15) is 18.0 Å². The summed E-state index contributed by atoms with van der Waals surface area (Å²) in [6.07, 6.45) is -3.21. The molecular weight excluding hydrogens is 361 g/mol. The van der Waals surface area contributed by atoms with Gasteiger partial charge in [0.25, 0.3) is 5.91 Å². The number of rotatable bonds is 4. The highest BCUT2D eigenvalue weighted by molar-refractivity contribution is 6.03. The lowest BCUT2D eigenvalue weighted by Gasteiger charge is -2.11. The van der Waals surface area contributed by atoms with Crippen LogP contribution < -0.4 is 10.1 Å². The molecule has 1 N–H and O–H groups in total. The van der Waals surface area contributed by atoms with Crippen LogP contribution in [0.3, 0.4) is 0 Å². The first-order valence-corrected chi connectivity index (χ1v) is 7.62. The minimum Gasteiger partial charge on any atom is -0.483 e. The predicted molar refractivity (Wildman–Crippen MR) is 90.2 cm³/mol. The fraction of sp³-hybridized carbons (Fsp3) is 0.111. The molecule has 0 bridgehead atoms. The summed E-state index contributed by atoms with van der Waals surface area (Å²) < 4.78 is 41.4. The first-order valence-electron chi connectivity index (χ1n) is 7.62. The smallest absolute Gasteiger partial charge is 0.422 e. The topological polar surface area (TPSA) is 87.9 Å². The van der Waals surface area contributed by atoms with Crippen LogP contribution in [0.25, 0.3) is 11.0 Å². The minimum absolute atomic E-state index is 0.0598. The molecule has 0 spiro atoms. The van der Waals surface area contributed by atoms with Gasteiger partial charge in [0, 0.05) is 5.69 Å². The van der Waals surface area contributed by atoms with E-state index in [1.807, 2.05) is 0 Å². The van der Waals surface area contributed by atoms with Crippen molar-refractivity contribution >= 4 is 22.6 Å². The van der Waals surface area contributed by atoms with Crippen molar-refractivity contribution < 1.29 is 22.7 Å². The summed E-state index contributed by atoms with van der Waals surface area (Å²) in [5.74, 6) is -0.792. The van der Waals surface area contributed by atoms with Crippen molar-refractivity contribution in [3.63, 3.8) is 0 Å². The molecule has 1 amide bonds. The minimum atomic E-state index is -4.52. The lowest BCUT2D eigenvalue weighted by molar-refractivity contribution is -0.153. The molecule has 0 aliphatic heterocycles. The van der Waals surface area contributed by atoms with Gasteiger partial charge in [0.05, 0.1) is 22.8 Å². The number of ether oxygens (including phenoxy) is 1. The van der Waals surface area contributed by atoms with Gasteiger partial charge >= 0.3 is 6.18 Å². The average molecular weight is 372 g/mol. The van der Waals surface area contributed by atoms with Crippen LogP contribution in [-0.2, 0) is 0 Å². The van der Waals surface area contributed by atoms with Crippen molar-refractivity contribution in [3.05, 3.63) is 59.9 Å². The number of nitriles is 1. The van der Waals surface area contributed by atoms with Crippen LogP contribution in [0.15, 0.2) is 48.7 Å². The number of hydrogen-bond donors (Lipinski definition) is 1. The third-order valence-corrected chi connectivity index (χ3v) is 3.43. The van der Waals surface area contributed by atoms with Crippen molar-refractivity contribution in [2.75, 3.05) is 11.9 Å². The molecule has 0 aliphatic rings. The Kier molecular flexibility index (Phi) is 4.90. The number of benzene rings is 2. The fourth-order valence-electron chi connectivity index (χ4n) is 2.24. The standard InChI is InChI=1S/C18H11F3N4O2/c19-18(20,21)10-27-16-6-5-12(7-11(16)8-22)24-17(26)15-9-23-13-3-1-2-4-14(13)25-15/h1-7,9H,10H2,(H,24,26). The summed E-state index contributed by atoms with van der Waals surface area (Å²) in [5.41, 5.74) is 1.31. The van der Waals surface area contributed by atoms with Crippen LogP contribution in [-0.4, -0.2) is 28.7 Å². The second-order valence-corrected chi connectivity index (χ2v) is 5.42. The molecule has 6 nitrogen and oxygen atoms in total. The fourth-order valence-corrected chi connectivity index (χ4v) is 2.24. The normalized spacial score (nSPS) is 11.0. The van der Waals surface area contributed by atoms with Crippen molar-refractivity contribution in [3.8, 4) is 11.8 Å². The highest BCUT2D eigenvalue weighted by atomic mass is 19.4. The second-order valence-electron chi connectivity index (χ2n) is 5.42. The van der Waals surface area contributed by atoms with Crippen molar-refractivity contribution in [2.24, 2.45) is 0 Å². The number of nitrogens with one attached hydrogen (secondary N) is 1. The summed E-state index contributed by atoms with van der Waals surface area (Å²) in [6, 6.07) is 12.5. The largest absolute Gasteiger partial charge is 0.483 e. The number of hydrogen-bond acceptors (Lipinski definition) is 5. The maximum Gasteiger partial charge on any atom is 0.422 e. The van der Waals surface area contributed by atoms with Gasteiger partial charge in [-0.1, -0.05) is 12.1 Å². The summed E-state index contributed by atoms with van der Waals surface area (Å²) in [7, 11) is 0. The van der Waals surface area contributed by atoms with E-state index < -0.39 is 18.7 Å². The molecule has 0 radical (unpaired) electrons. The van der Waals surface area contributed by atoms with Gasteiger partial charge in [-0.15, -0.1) is 0 Å². The van der Waals surface area contributed by atoms with Gasteiger partial charge in [-0.05, 0) is 30.3 Å². The first-order chi connectivity index (χ1) is 12.9. The molecule has 0 fully saturated rings. The molecule has 27 heavy (non-hydrogen) atoms. The van der Waals surface area contributed by atoms with E-state index in [4.69, 9.17) is 5.26 Å². The lowest BCUT2D eigenvalue weighted by atomic mass is 10.2. The van der Waals surface area contributed by atoms with Gasteiger partial charge in [0.2, 0.25) is 0 Å². The van der Waals surface area contributed by atoms with Gasteiger partial charge in [-0.3, -0.25) is 9.78 Å². The van der Waals surface area contributed by atoms with Crippen LogP contribution in [0, 0.1) is 11.3 Å². The third kappa shape index (κ3) is 4.49. The number of fused-ring (bicyclic) bond motifs is 1. The number of aromatic nitrogens is 2. The molecule has 0 aliphatic carbocycles. The zero-order chi connectivity index (χ0) is 19.4. The van der Waals surface area contributed by atoms with Gasteiger partial charge in [-0.25, -0.2) is 4.98 Å². The Morgan fingerprint density at radius 1 is 1.19 bits per heavy atom. The predicted octanol–water partition coefficient (Wildman–Crippen LogP) is 3.69. The Bertz CT molecular complexity index is 1040. The maximum absolute atomic E-state index is 12.3. The van der Waals surface area contributed by atoms with E-state index in [0.717, 1.165) is 0 Å².